The molecule has 0 atom stereocenters. The van der Waals surface area contributed by atoms with Gasteiger partial charge in [-0.15, -0.1) is 0 Å². The van der Waals surface area contributed by atoms with Crippen molar-refractivity contribution >= 4 is 5.91 Å². The lowest BCUT2D eigenvalue weighted by atomic mass is 10.2. The lowest BCUT2D eigenvalue weighted by Gasteiger charge is -2.04. The Labute approximate surface area is 91.8 Å². The predicted molar refractivity (Wildman–Crippen MR) is 62.6 cm³/mol. The lowest BCUT2D eigenvalue weighted by molar-refractivity contribution is -0.116. The van der Waals surface area contributed by atoms with E-state index in [0.29, 0.717) is 6.54 Å². The van der Waals surface area contributed by atoms with Crippen molar-refractivity contribution in [3.63, 3.8) is 0 Å². The first kappa shape index (κ1) is 12.0. The molecule has 1 aliphatic rings. The molecule has 0 saturated carbocycles. The van der Waals surface area contributed by atoms with E-state index in [9.17, 15) is 4.79 Å². The van der Waals surface area contributed by atoms with Crippen LogP contribution in [0.2, 0.25) is 0 Å². The van der Waals surface area contributed by atoms with Crippen LogP contribution in [-0.2, 0) is 4.79 Å². The number of nitrogens with zero attached hydrogens (tertiary/aromatic N) is 1. The first-order chi connectivity index (χ1) is 7.18. The Kier molecular flexibility index (Phi) is 5.12. The SMILES string of the molecule is CN(C)C/C=C/C(=O)NCC1=CCCC1. The van der Waals surface area contributed by atoms with Crippen molar-refractivity contribution in [2.75, 3.05) is 27.2 Å². The summed E-state index contributed by atoms with van der Waals surface area (Å²) in [6, 6.07) is 0. The Hall–Kier alpha value is -1.09. The smallest absolute Gasteiger partial charge is 0.243 e. The number of hydrogen-bond donors (Lipinski definition) is 1. The van der Waals surface area contributed by atoms with Gasteiger partial charge >= 0.3 is 0 Å². The van der Waals surface area contributed by atoms with Gasteiger partial charge in [0.05, 0.1) is 0 Å². The van der Waals surface area contributed by atoms with Gasteiger partial charge in [0.25, 0.3) is 0 Å². The molecule has 1 aliphatic carbocycles. The summed E-state index contributed by atoms with van der Waals surface area (Å²) >= 11 is 0. The van der Waals surface area contributed by atoms with Crippen LogP contribution in [0.3, 0.4) is 0 Å². The summed E-state index contributed by atoms with van der Waals surface area (Å²) in [5.41, 5.74) is 1.37. The summed E-state index contributed by atoms with van der Waals surface area (Å²) in [7, 11) is 3.96. The second-order valence-corrected chi connectivity index (χ2v) is 4.14. The highest BCUT2D eigenvalue weighted by Crippen LogP contribution is 2.15. The molecule has 0 saturated heterocycles. The number of allylic oxidation sites excluding steroid dienone is 1. The van der Waals surface area contributed by atoms with Crippen molar-refractivity contribution in [3.05, 3.63) is 23.8 Å². The van der Waals surface area contributed by atoms with Crippen molar-refractivity contribution in [3.8, 4) is 0 Å². The maximum Gasteiger partial charge on any atom is 0.243 e. The largest absolute Gasteiger partial charge is 0.349 e. The average molecular weight is 208 g/mol. The Morgan fingerprint density at radius 1 is 1.60 bits per heavy atom. The third-order valence-electron chi connectivity index (χ3n) is 2.36. The second-order valence-electron chi connectivity index (χ2n) is 4.14. The van der Waals surface area contributed by atoms with Gasteiger partial charge in [0.15, 0.2) is 0 Å². The standard InChI is InChI=1S/C12H20N2O/c1-14(2)9-5-8-12(15)13-10-11-6-3-4-7-11/h5-6,8H,3-4,7,9-10H2,1-2H3,(H,13,15)/b8-5+. The van der Waals surface area contributed by atoms with Crippen LogP contribution in [0.1, 0.15) is 19.3 Å². The Balaban J connectivity index is 2.15. The Morgan fingerprint density at radius 2 is 2.40 bits per heavy atom. The summed E-state index contributed by atoms with van der Waals surface area (Å²) in [4.78, 5) is 13.4. The van der Waals surface area contributed by atoms with Crippen molar-refractivity contribution in [2.24, 2.45) is 0 Å². The van der Waals surface area contributed by atoms with Gasteiger partial charge in [-0.05, 0) is 33.4 Å². The molecule has 0 radical (unpaired) electrons. The van der Waals surface area contributed by atoms with Gasteiger partial charge in [-0.1, -0.05) is 17.7 Å². The molecule has 1 amide bonds. The predicted octanol–water partition coefficient (Wildman–Crippen LogP) is 1.33. The number of hydrogen-bond acceptors (Lipinski definition) is 2. The van der Waals surface area contributed by atoms with Gasteiger partial charge in [0, 0.05) is 19.2 Å². The van der Waals surface area contributed by atoms with Crippen molar-refractivity contribution < 1.29 is 4.79 Å². The maximum atomic E-state index is 11.3. The van der Waals surface area contributed by atoms with Gasteiger partial charge in [0.2, 0.25) is 5.91 Å². The van der Waals surface area contributed by atoms with Crippen LogP contribution in [0, 0.1) is 0 Å². The first-order valence-corrected chi connectivity index (χ1v) is 5.45. The summed E-state index contributed by atoms with van der Waals surface area (Å²) in [5.74, 6) is 0.00431. The fourth-order valence-corrected chi connectivity index (χ4v) is 1.53. The minimum absolute atomic E-state index is 0.00431. The molecule has 0 spiro atoms. The molecule has 0 bridgehead atoms. The molecule has 0 aliphatic heterocycles. The summed E-state index contributed by atoms with van der Waals surface area (Å²) in [5, 5.41) is 2.89. The van der Waals surface area contributed by atoms with E-state index >= 15 is 0 Å². The highest BCUT2D eigenvalue weighted by atomic mass is 16.1. The maximum absolute atomic E-state index is 11.3. The zero-order chi connectivity index (χ0) is 11.1. The van der Waals surface area contributed by atoms with Crippen LogP contribution < -0.4 is 5.32 Å². The highest BCUT2D eigenvalue weighted by molar-refractivity contribution is 5.87. The van der Waals surface area contributed by atoms with Crippen molar-refractivity contribution in [1.29, 1.82) is 0 Å². The van der Waals surface area contributed by atoms with Crippen LogP contribution in [0.25, 0.3) is 0 Å². The summed E-state index contributed by atoms with van der Waals surface area (Å²) in [6.07, 6.45) is 9.25. The quantitative estimate of drug-likeness (QED) is 0.546. The first-order valence-electron chi connectivity index (χ1n) is 5.45. The van der Waals surface area contributed by atoms with E-state index in [1.165, 1.54) is 18.4 Å². The number of carbonyl (C=O) groups excluding carboxylic acids is 1. The Morgan fingerprint density at radius 3 is 3.00 bits per heavy atom. The van der Waals surface area contributed by atoms with Crippen LogP contribution in [0.5, 0.6) is 0 Å². The second kappa shape index (κ2) is 6.40. The van der Waals surface area contributed by atoms with E-state index in [0.717, 1.165) is 13.0 Å². The molecular weight excluding hydrogens is 188 g/mol. The van der Waals surface area contributed by atoms with Crippen LogP contribution in [0.15, 0.2) is 23.8 Å². The molecule has 0 aromatic carbocycles. The normalized spacial score (nSPS) is 16.1. The van der Waals surface area contributed by atoms with E-state index in [-0.39, 0.29) is 5.91 Å². The zero-order valence-corrected chi connectivity index (χ0v) is 9.62. The molecule has 1 rings (SSSR count). The molecule has 0 aromatic heterocycles. The molecule has 0 fully saturated rings. The van der Waals surface area contributed by atoms with Crippen molar-refractivity contribution in [2.45, 2.75) is 19.3 Å². The molecule has 0 heterocycles. The third kappa shape index (κ3) is 5.37. The molecule has 0 unspecified atom stereocenters. The van der Waals surface area contributed by atoms with Crippen molar-refractivity contribution in [1.82, 2.24) is 10.2 Å². The molecule has 1 N–H and O–H groups in total. The van der Waals surface area contributed by atoms with Gasteiger partial charge in [-0.25, -0.2) is 0 Å². The molecule has 84 valence electrons. The molecule has 3 heteroatoms. The highest BCUT2D eigenvalue weighted by Gasteiger charge is 2.04. The van der Waals surface area contributed by atoms with E-state index in [2.05, 4.69) is 11.4 Å². The molecular formula is C12H20N2O. The minimum atomic E-state index is 0.00431. The van der Waals surface area contributed by atoms with Gasteiger partial charge in [-0.2, -0.15) is 0 Å². The monoisotopic (exact) mass is 208 g/mol. The molecule has 15 heavy (non-hydrogen) atoms. The summed E-state index contributed by atoms with van der Waals surface area (Å²) < 4.78 is 0. The number of likely N-dealkylation sites (N-methyl/N-ethyl adjacent to an activating group) is 1. The van der Waals surface area contributed by atoms with Crippen LogP contribution in [0.4, 0.5) is 0 Å². The van der Waals surface area contributed by atoms with Crippen LogP contribution >= 0.6 is 0 Å². The number of rotatable bonds is 5. The zero-order valence-electron chi connectivity index (χ0n) is 9.62. The van der Waals surface area contributed by atoms with E-state index < -0.39 is 0 Å². The number of carbonyl (C=O) groups is 1. The van der Waals surface area contributed by atoms with Gasteiger partial charge in [0.1, 0.15) is 0 Å². The van der Waals surface area contributed by atoms with E-state index in [4.69, 9.17) is 0 Å². The minimum Gasteiger partial charge on any atom is -0.349 e. The fraction of sp³-hybridized carbons (Fsp3) is 0.583. The van der Waals surface area contributed by atoms with E-state index in [1.807, 2.05) is 25.1 Å². The van der Waals surface area contributed by atoms with Gasteiger partial charge in [-0.3, -0.25) is 4.79 Å². The third-order valence-corrected chi connectivity index (χ3v) is 2.36. The number of amides is 1. The van der Waals surface area contributed by atoms with Gasteiger partial charge < -0.3 is 10.2 Å². The topological polar surface area (TPSA) is 32.3 Å². The average Bonchev–Trinajstić information content (AvgIpc) is 2.66. The Bertz CT molecular complexity index is 267. The lowest BCUT2D eigenvalue weighted by Crippen LogP contribution is -2.23. The summed E-state index contributed by atoms with van der Waals surface area (Å²) in [6.45, 7) is 1.52. The molecule has 3 nitrogen and oxygen atoms in total. The number of nitrogens with one attached hydrogen (secondary N) is 1. The fourth-order valence-electron chi connectivity index (χ4n) is 1.53. The molecule has 0 aromatic rings. The van der Waals surface area contributed by atoms with Crippen LogP contribution in [-0.4, -0.2) is 38.0 Å². The van der Waals surface area contributed by atoms with E-state index in [1.54, 1.807) is 6.08 Å².